The van der Waals surface area contributed by atoms with Crippen LogP contribution in [-0.4, -0.2) is 47.4 Å². The molecule has 1 aromatic carbocycles. The molecule has 37 heavy (non-hydrogen) atoms. The first kappa shape index (κ1) is 27.2. The number of rotatable bonds is 10. The quantitative estimate of drug-likeness (QED) is 0.243. The average Bonchev–Trinajstić information content (AvgIpc) is 3.51. The van der Waals surface area contributed by atoms with Gasteiger partial charge in [-0.15, -0.1) is 11.3 Å². The van der Waals surface area contributed by atoms with Gasteiger partial charge >= 0.3 is 18.0 Å². The molecular weight excluding hydrogens is 580 g/mol. The van der Waals surface area contributed by atoms with E-state index in [9.17, 15) is 19.5 Å². The van der Waals surface area contributed by atoms with Crippen LogP contribution in [0.3, 0.4) is 0 Å². The van der Waals surface area contributed by atoms with Crippen LogP contribution >= 0.6 is 38.6 Å². The van der Waals surface area contributed by atoms with Crippen molar-refractivity contribution in [2.75, 3.05) is 18.1 Å². The minimum atomic E-state index is -1.21. The minimum Gasteiger partial charge on any atom is -0.479 e. The molecule has 0 atom stereocenters. The Hall–Kier alpha value is -2.89. The molecule has 4 rings (SSSR count). The van der Waals surface area contributed by atoms with E-state index in [-0.39, 0.29) is 22.7 Å². The number of amides is 2. The SMILES string of the molecule is O=C(O)COc1c(C(=O)O)sc(-c2cccc(N(C(=O)NCCc3ccsc3)C3CCCCC3)c2)c1Br. The highest BCUT2D eigenvalue weighted by molar-refractivity contribution is 9.10. The number of carbonyl (C=O) groups is 3. The van der Waals surface area contributed by atoms with Gasteiger partial charge in [0, 0.05) is 18.3 Å². The maximum atomic E-state index is 13.4. The van der Waals surface area contributed by atoms with E-state index in [0.717, 1.165) is 55.5 Å². The van der Waals surface area contributed by atoms with Crippen LogP contribution in [0, 0.1) is 0 Å². The number of halogens is 1. The molecule has 3 N–H and O–H groups in total. The molecular formula is C26H27BrN2O6S2. The van der Waals surface area contributed by atoms with Crippen molar-refractivity contribution in [3.8, 4) is 16.2 Å². The molecule has 0 radical (unpaired) electrons. The van der Waals surface area contributed by atoms with Gasteiger partial charge in [0.25, 0.3) is 0 Å². The van der Waals surface area contributed by atoms with Gasteiger partial charge in [0.15, 0.2) is 17.2 Å². The summed E-state index contributed by atoms with van der Waals surface area (Å²) < 4.78 is 5.66. The molecule has 11 heteroatoms. The molecule has 2 heterocycles. The van der Waals surface area contributed by atoms with Gasteiger partial charge in [-0.2, -0.15) is 11.3 Å². The lowest BCUT2D eigenvalue weighted by Crippen LogP contribution is -2.47. The zero-order valence-corrected chi connectivity index (χ0v) is 23.2. The maximum Gasteiger partial charge on any atom is 0.349 e. The number of ether oxygens (including phenoxy) is 1. The van der Waals surface area contributed by atoms with Gasteiger partial charge < -0.3 is 20.3 Å². The van der Waals surface area contributed by atoms with Crippen molar-refractivity contribution < 1.29 is 29.3 Å². The van der Waals surface area contributed by atoms with Gasteiger partial charge in [0.1, 0.15) is 0 Å². The first-order chi connectivity index (χ1) is 17.8. The summed E-state index contributed by atoms with van der Waals surface area (Å²) in [5, 5.41) is 25.8. The summed E-state index contributed by atoms with van der Waals surface area (Å²) >= 11 is 6.04. The summed E-state index contributed by atoms with van der Waals surface area (Å²) in [7, 11) is 0. The average molecular weight is 608 g/mol. The number of carbonyl (C=O) groups excluding carboxylic acids is 1. The fourth-order valence-electron chi connectivity index (χ4n) is 4.45. The highest BCUT2D eigenvalue weighted by Gasteiger charge is 2.28. The Morgan fingerprint density at radius 3 is 2.59 bits per heavy atom. The van der Waals surface area contributed by atoms with Crippen LogP contribution in [0.2, 0.25) is 0 Å². The Labute approximate surface area is 231 Å². The number of hydrogen-bond acceptors (Lipinski definition) is 6. The van der Waals surface area contributed by atoms with Crippen molar-refractivity contribution in [1.29, 1.82) is 0 Å². The van der Waals surface area contributed by atoms with E-state index < -0.39 is 18.5 Å². The predicted molar refractivity (Wildman–Crippen MR) is 148 cm³/mol. The molecule has 1 fully saturated rings. The van der Waals surface area contributed by atoms with Gasteiger partial charge in [-0.05, 0) is 75.3 Å². The Morgan fingerprint density at radius 2 is 1.92 bits per heavy atom. The van der Waals surface area contributed by atoms with Gasteiger partial charge in [-0.1, -0.05) is 31.4 Å². The van der Waals surface area contributed by atoms with E-state index in [4.69, 9.17) is 9.84 Å². The summed E-state index contributed by atoms with van der Waals surface area (Å²) in [5.74, 6) is -2.43. The number of carboxylic acid groups (broad SMARTS) is 2. The molecule has 0 unspecified atom stereocenters. The molecule has 2 aromatic heterocycles. The van der Waals surface area contributed by atoms with Crippen LogP contribution in [0.15, 0.2) is 45.6 Å². The third-order valence-electron chi connectivity index (χ3n) is 6.16. The number of aromatic carboxylic acids is 1. The van der Waals surface area contributed by atoms with Crippen molar-refractivity contribution in [2.24, 2.45) is 0 Å². The summed E-state index contributed by atoms with van der Waals surface area (Å²) in [5.41, 5.74) is 2.62. The number of aliphatic carboxylic acids is 1. The topological polar surface area (TPSA) is 116 Å². The van der Waals surface area contributed by atoms with Crippen molar-refractivity contribution >= 4 is 62.3 Å². The van der Waals surface area contributed by atoms with Crippen LogP contribution in [0.4, 0.5) is 10.5 Å². The normalized spacial score (nSPS) is 13.8. The first-order valence-electron chi connectivity index (χ1n) is 11.9. The van der Waals surface area contributed by atoms with Crippen LogP contribution in [0.25, 0.3) is 10.4 Å². The standard InChI is InChI=1S/C26H27BrN2O6S2/c27-21-22(35-14-20(30)31)24(25(32)33)37-23(21)17-5-4-8-19(13-17)29(18-6-2-1-3-7-18)26(34)28-11-9-16-10-12-36-15-16/h4-5,8,10,12-13,15,18H,1-3,6-7,9,11,14H2,(H,28,34)(H,30,31)(H,32,33). The smallest absolute Gasteiger partial charge is 0.349 e. The van der Waals surface area contributed by atoms with Gasteiger partial charge in [-0.3, -0.25) is 4.90 Å². The van der Waals surface area contributed by atoms with Crippen molar-refractivity contribution in [1.82, 2.24) is 5.32 Å². The molecule has 0 spiro atoms. The summed E-state index contributed by atoms with van der Waals surface area (Å²) in [6.07, 6.45) is 5.87. The lowest BCUT2D eigenvalue weighted by molar-refractivity contribution is -0.139. The second-order valence-electron chi connectivity index (χ2n) is 8.72. The molecule has 8 nitrogen and oxygen atoms in total. The highest BCUT2D eigenvalue weighted by Crippen LogP contribution is 2.46. The second-order valence-corrected chi connectivity index (χ2v) is 11.3. The molecule has 0 aliphatic heterocycles. The molecule has 1 aliphatic carbocycles. The van der Waals surface area contributed by atoms with E-state index in [2.05, 4.69) is 32.7 Å². The first-order valence-corrected chi connectivity index (χ1v) is 14.5. The molecule has 1 saturated carbocycles. The Bertz CT molecular complexity index is 1250. The number of anilines is 1. The molecule has 3 aromatic rings. The lowest BCUT2D eigenvalue weighted by Gasteiger charge is -2.34. The Balaban J connectivity index is 1.63. The zero-order valence-electron chi connectivity index (χ0n) is 19.9. The number of hydrogen-bond donors (Lipinski definition) is 3. The van der Waals surface area contributed by atoms with E-state index in [0.29, 0.717) is 21.5 Å². The third-order valence-corrected chi connectivity index (χ3v) is 9.12. The molecule has 0 bridgehead atoms. The lowest BCUT2D eigenvalue weighted by atomic mass is 9.94. The largest absolute Gasteiger partial charge is 0.479 e. The van der Waals surface area contributed by atoms with Crippen molar-refractivity contribution in [3.63, 3.8) is 0 Å². The fourth-order valence-corrected chi connectivity index (χ4v) is 7.04. The maximum absolute atomic E-state index is 13.4. The number of urea groups is 1. The van der Waals surface area contributed by atoms with E-state index in [1.165, 1.54) is 5.56 Å². The highest BCUT2D eigenvalue weighted by atomic mass is 79.9. The van der Waals surface area contributed by atoms with Crippen LogP contribution in [0.5, 0.6) is 5.75 Å². The zero-order chi connectivity index (χ0) is 26.4. The molecule has 0 saturated heterocycles. The van der Waals surface area contributed by atoms with Crippen molar-refractivity contribution in [2.45, 2.75) is 44.6 Å². The molecule has 196 valence electrons. The minimum absolute atomic E-state index is 0.0180. The predicted octanol–water partition coefficient (Wildman–Crippen LogP) is 6.49. The fraction of sp³-hybridized carbons (Fsp3) is 0.346. The summed E-state index contributed by atoms with van der Waals surface area (Å²) in [6.45, 7) is -0.128. The molecule has 1 aliphatic rings. The van der Waals surface area contributed by atoms with Gasteiger partial charge in [0.05, 0.1) is 9.35 Å². The summed E-state index contributed by atoms with van der Waals surface area (Å²) in [4.78, 5) is 38.6. The molecule has 2 amide bonds. The van der Waals surface area contributed by atoms with Crippen LogP contribution < -0.4 is 15.0 Å². The number of nitrogens with zero attached hydrogens (tertiary/aromatic N) is 1. The Kier molecular flexibility index (Phi) is 9.23. The van der Waals surface area contributed by atoms with E-state index in [1.54, 1.807) is 11.3 Å². The van der Waals surface area contributed by atoms with E-state index in [1.807, 2.05) is 34.5 Å². The number of nitrogens with one attached hydrogen (secondary N) is 1. The van der Waals surface area contributed by atoms with E-state index >= 15 is 0 Å². The van der Waals surface area contributed by atoms with Gasteiger partial charge in [0.2, 0.25) is 0 Å². The number of carboxylic acids is 2. The monoisotopic (exact) mass is 606 g/mol. The number of thiophene rings is 2. The van der Waals surface area contributed by atoms with Gasteiger partial charge in [-0.25, -0.2) is 14.4 Å². The Morgan fingerprint density at radius 1 is 1.14 bits per heavy atom. The summed E-state index contributed by atoms with van der Waals surface area (Å²) in [6, 6.07) is 9.40. The van der Waals surface area contributed by atoms with Crippen LogP contribution in [-0.2, 0) is 11.2 Å². The second kappa shape index (κ2) is 12.6. The van der Waals surface area contributed by atoms with Crippen LogP contribution in [0.1, 0.15) is 47.3 Å². The van der Waals surface area contributed by atoms with Crippen molar-refractivity contribution in [3.05, 3.63) is 56.0 Å². The third kappa shape index (κ3) is 6.71. The number of benzene rings is 1.